The molecule has 1 aliphatic heterocycles. The van der Waals surface area contributed by atoms with Crippen LogP contribution in [-0.2, 0) is 29.7 Å². The predicted octanol–water partition coefficient (Wildman–Crippen LogP) is 3.38. The Balaban J connectivity index is 1.62. The van der Waals surface area contributed by atoms with Gasteiger partial charge in [0.15, 0.2) is 0 Å². The molecule has 2 heterocycles. The van der Waals surface area contributed by atoms with E-state index in [0.717, 1.165) is 47.5 Å². The van der Waals surface area contributed by atoms with Crippen LogP contribution in [0.5, 0.6) is 0 Å². The molecule has 1 aliphatic carbocycles. The Morgan fingerprint density at radius 3 is 3.00 bits per heavy atom. The van der Waals surface area contributed by atoms with Crippen LogP contribution in [-0.4, -0.2) is 21.8 Å². The molecule has 0 bridgehead atoms. The van der Waals surface area contributed by atoms with Gasteiger partial charge in [-0.25, -0.2) is 9.78 Å². The molecule has 1 N–H and O–H groups in total. The zero-order chi connectivity index (χ0) is 17.4. The molecule has 1 aromatic carbocycles. The van der Waals surface area contributed by atoms with Gasteiger partial charge in [0.25, 0.3) is 5.91 Å². The van der Waals surface area contributed by atoms with Crippen LogP contribution in [0.2, 0.25) is 0 Å². The number of nitrogens with one attached hydrogen (secondary N) is 1. The summed E-state index contributed by atoms with van der Waals surface area (Å²) in [6, 6.07) is 7.63. The number of amides is 3. The lowest BCUT2D eigenvalue weighted by Gasteiger charge is -2.33. The van der Waals surface area contributed by atoms with Crippen LogP contribution < -0.4 is 5.32 Å². The predicted molar refractivity (Wildman–Crippen MR) is 96.2 cm³/mol. The van der Waals surface area contributed by atoms with Crippen molar-refractivity contribution >= 4 is 23.3 Å². The minimum absolute atomic E-state index is 0.144. The summed E-state index contributed by atoms with van der Waals surface area (Å²) in [6.45, 7) is 2.36. The second-order valence-electron chi connectivity index (χ2n) is 6.72. The number of aromatic nitrogens is 1. The number of urea groups is 1. The molecule has 1 fully saturated rings. The number of hydrogen-bond acceptors (Lipinski definition) is 4. The maximum absolute atomic E-state index is 13.2. The van der Waals surface area contributed by atoms with E-state index in [0.29, 0.717) is 6.42 Å². The zero-order valence-electron chi connectivity index (χ0n) is 14.2. The molecule has 2 aromatic rings. The largest absolute Gasteiger partial charge is 0.325 e. The van der Waals surface area contributed by atoms with Gasteiger partial charge in [0.1, 0.15) is 5.54 Å². The minimum atomic E-state index is -0.895. The summed E-state index contributed by atoms with van der Waals surface area (Å²) in [4.78, 5) is 31.7. The van der Waals surface area contributed by atoms with Crippen LogP contribution in [0.25, 0.3) is 0 Å². The van der Waals surface area contributed by atoms with Crippen LogP contribution >= 0.6 is 11.3 Å². The molecule has 0 saturated carbocycles. The molecule has 0 unspecified atom stereocenters. The van der Waals surface area contributed by atoms with Crippen LogP contribution in [0.3, 0.4) is 0 Å². The lowest BCUT2D eigenvalue weighted by atomic mass is 9.76. The molecule has 1 atom stereocenters. The second kappa shape index (κ2) is 6.26. The summed E-state index contributed by atoms with van der Waals surface area (Å²) in [5.41, 5.74) is 2.00. The van der Waals surface area contributed by atoms with E-state index in [-0.39, 0.29) is 18.5 Å². The molecule has 130 valence electrons. The summed E-state index contributed by atoms with van der Waals surface area (Å²) >= 11 is 1.59. The molecule has 3 amide bonds. The molecule has 25 heavy (non-hydrogen) atoms. The quantitative estimate of drug-likeness (QED) is 0.855. The number of imide groups is 1. The van der Waals surface area contributed by atoms with Gasteiger partial charge in [-0.2, -0.15) is 0 Å². The Morgan fingerprint density at radius 1 is 1.32 bits per heavy atom. The topological polar surface area (TPSA) is 62.3 Å². The maximum Gasteiger partial charge on any atom is 0.325 e. The maximum atomic E-state index is 13.2. The summed E-state index contributed by atoms with van der Waals surface area (Å²) < 4.78 is 0. The van der Waals surface area contributed by atoms with Crippen molar-refractivity contribution in [3.63, 3.8) is 0 Å². The Kier molecular flexibility index (Phi) is 4.07. The SMILES string of the molecule is CCCc1nc(CN2C(=O)N[C@@]3(CCCc4ccccc43)C2=O)cs1. The summed E-state index contributed by atoms with van der Waals surface area (Å²) in [5.74, 6) is -0.144. The van der Waals surface area contributed by atoms with E-state index in [9.17, 15) is 9.59 Å². The molecule has 2 aliphatic rings. The minimum Gasteiger partial charge on any atom is -0.319 e. The Hall–Kier alpha value is -2.21. The van der Waals surface area contributed by atoms with Crippen LogP contribution in [0, 0.1) is 0 Å². The van der Waals surface area contributed by atoms with Crippen molar-refractivity contribution in [2.45, 2.75) is 51.1 Å². The first-order valence-corrected chi connectivity index (χ1v) is 9.68. The zero-order valence-corrected chi connectivity index (χ0v) is 15.1. The number of carbonyl (C=O) groups excluding carboxylic acids is 2. The van der Waals surface area contributed by atoms with Crippen LogP contribution in [0.4, 0.5) is 4.79 Å². The Labute approximate surface area is 151 Å². The highest BCUT2D eigenvalue weighted by atomic mass is 32.1. The van der Waals surface area contributed by atoms with E-state index >= 15 is 0 Å². The standard InChI is InChI=1S/C19H21N3O2S/c1-2-6-16-20-14(12-25-16)11-22-17(23)19(21-18(22)24)10-5-8-13-7-3-4-9-15(13)19/h3-4,7,9,12H,2,5-6,8,10-11H2,1H3,(H,21,24)/t19-/m1/s1. The second-order valence-corrected chi connectivity index (χ2v) is 7.66. The van der Waals surface area contributed by atoms with Crippen molar-refractivity contribution in [1.82, 2.24) is 15.2 Å². The lowest BCUT2D eigenvalue weighted by Crippen LogP contribution is -2.46. The summed E-state index contributed by atoms with van der Waals surface area (Å²) in [6.07, 6.45) is 4.48. The fourth-order valence-electron chi connectivity index (χ4n) is 3.87. The van der Waals surface area contributed by atoms with Crippen molar-refractivity contribution < 1.29 is 9.59 Å². The number of nitrogens with zero attached hydrogens (tertiary/aromatic N) is 2. The number of fused-ring (bicyclic) bond motifs is 2. The van der Waals surface area contributed by atoms with E-state index in [4.69, 9.17) is 0 Å². The van der Waals surface area contributed by atoms with E-state index in [1.54, 1.807) is 11.3 Å². The van der Waals surface area contributed by atoms with Gasteiger partial charge in [0.2, 0.25) is 0 Å². The van der Waals surface area contributed by atoms with Crippen molar-refractivity contribution in [2.24, 2.45) is 0 Å². The fourth-order valence-corrected chi connectivity index (χ4v) is 4.76. The van der Waals surface area contributed by atoms with Gasteiger partial charge < -0.3 is 5.32 Å². The number of benzene rings is 1. The third kappa shape index (κ3) is 2.65. The third-order valence-corrected chi connectivity index (χ3v) is 5.99. The van der Waals surface area contributed by atoms with Gasteiger partial charge in [-0.15, -0.1) is 11.3 Å². The highest BCUT2D eigenvalue weighted by Gasteiger charge is 2.53. The third-order valence-electron chi connectivity index (χ3n) is 5.03. The first-order valence-electron chi connectivity index (χ1n) is 8.80. The van der Waals surface area contributed by atoms with E-state index in [2.05, 4.69) is 23.3 Å². The first-order chi connectivity index (χ1) is 12.1. The van der Waals surface area contributed by atoms with E-state index < -0.39 is 5.54 Å². The van der Waals surface area contributed by atoms with Crippen molar-refractivity contribution in [3.05, 3.63) is 51.5 Å². The molecule has 1 aromatic heterocycles. The molecular formula is C19H21N3O2S. The average molecular weight is 355 g/mol. The lowest BCUT2D eigenvalue weighted by molar-refractivity contribution is -0.132. The number of aryl methyl sites for hydroxylation is 2. The van der Waals surface area contributed by atoms with Crippen LogP contribution in [0.1, 0.15) is 48.0 Å². The monoisotopic (exact) mass is 355 g/mol. The van der Waals surface area contributed by atoms with Gasteiger partial charge in [0.05, 0.1) is 17.2 Å². The summed E-state index contributed by atoms with van der Waals surface area (Å²) in [5, 5.41) is 6.00. The van der Waals surface area contributed by atoms with Crippen molar-refractivity contribution in [3.8, 4) is 0 Å². The molecule has 1 saturated heterocycles. The number of carbonyl (C=O) groups is 2. The van der Waals surface area contributed by atoms with Crippen LogP contribution in [0.15, 0.2) is 29.6 Å². The smallest absolute Gasteiger partial charge is 0.319 e. The van der Waals surface area contributed by atoms with Gasteiger partial charge in [-0.1, -0.05) is 31.2 Å². The average Bonchev–Trinajstić information content (AvgIpc) is 3.15. The highest BCUT2D eigenvalue weighted by Crippen LogP contribution is 2.40. The molecule has 4 rings (SSSR count). The fraction of sp³-hybridized carbons (Fsp3) is 0.421. The molecule has 1 spiro atoms. The molecule has 0 radical (unpaired) electrons. The number of rotatable bonds is 4. The first kappa shape index (κ1) is 16.3. The van der Waals surface area contributed by atoms with Gasteiger partial charge >= 0.3 is 6.03 Å². The molecular weight excluding hydrogens is 334 g/mol. The molecule has 6 heteroatoms. The summed E-state index contributed by atoms with van der Waals surface area (Å²) in [7, 11) is 0. The van der Waals surface area contributed by atoms with E-state index in [1.807, 2.05) is 23.6 Å². The van der Waals surface area contributed by atoms with Gasteiger partial charge in [-0.3, -0.25) is 9.69 Å². The number of thiazole rings is 1. The Morgan fingerprint density at radius 2 is 2.16 bits per heavy atom. The normalized spacial score (nSPS) is 22.4. The van der Waals surface area contributed by atoms with Crippen molar-refractivity contribution in [2.75, 3.05) is 0 Å². The van der Waals surface area contributed by atoms with Gasteiger partial charge in [0, 0.05) is 5.38 Å². The molecule has 5 nitrogen and oxygen atoms in total. The number of hydrogen-bond donors (Lipinski definition) is 1. The Bertz CT molecular complexity index is 832. The van der Waals surface area contributed by atoms with E-state index in [1.165, 1.54) is 4.90 Å². The highest BCUT2D eigenvalue weighted by molar-refractivity contribution is 7.09. The van der Waals surface area contributed by atoms with Gasteiger partial charge in [-0.05, 0) is 43.2 Å². The van der Waals surface area contributed by atoms with Crippen molar-refractivity contribution in [1.29, 1.82) is 0 Å².